The van der Waals surface area contributed by atoms with E-state index in [1.807, 2.05) is 6.07 Å². The first-order valence-corrected chi connectivity index (χ1v) is 10.3. The molecule has 2 aromatic carbocycles. The van der Waals surface area contributed by atoms with Crippen molar-refractivity contribution >= 4 is 35.1 Å². The van der Waals surface area contributed by atoms with Gasteiger partial charge in [-0.2, -0.15) is 0 Å². The zero-order valence-corrected chi connectivity index (χ0v) is 19.0. The van der Waals surface area contributed by atoms with Crippen LogP contribution in [0.25, 0.3) is 0 Å². The quantitative estimate of drug-likeness (QED) is 0.571. The highest BCUT2D eigenvalue weighted by Crippen LogP contribution is 2.39. The summed E-state index contributed by atoms with van der Waals surface area (Å²) < 4.78 is 21.3. The maximum absolute atomic E-state index is 13.1. The number of hydrogen-bond acceptors (Lipinski definition) is 6. The number of nitrogens with zero attached hydrogens (tertiary/aromatic N) is 1. The molecule has 1 atom stereocenters. The SMILES string of the molecule is COC(=O)CC1c2cc(OC)c(OC)cc2CCN1C(=O)COc1cc(Cl)ccc1Cl. The van der Waals surface area contributed by atoms with Gasteiger partial charge in [-0.1, -0.05) is 23.2 Å². The molecular formula is C22H23Cl2NO6. The summed E-state index contributed by atoms with van der Waals surface area (Å²) in [5, 5.41) is 0.799. The van der Waals surface area contributed by atoms with E-state index in [2.05, 4.69) is 0 Å². The average molecular weight is 468 g/mol. The Morgan fingerprint density at radius 1 is 1.03 bits per heavy atom. The summed E-state index contributed by atoms with van der Waals surface area (Å²) in [4.78, 5) is 26.8. The maximum Gasteiger partial charge on any atom is 0.307 e. The van der Waals surface area contributed by atoms with Crippen LogP contribution in [0.15, 0.2) is 30.3 Å². The van der Waals surface area contributed by atoms with Gasteiger partial charge in [0, 0.05) is 17.6 Å². The van der Waals surface area contributed by atoms with E-state index in [1.54, 1.807) is 36.3 Å². The number of benzene rings is 2. The first kappa shape index (κ1) is 23.0. The normalized spacial score (nSPS) is 15.1. The lowest BCUT2D eigenvalue weighted by Crippen LogP contribution is -2.43. The standard InChI is InChI=1S/C22H23Cl2NO6/c1-28-19-8-13-6-7-25(17(11-22(27)30-3)15(13)10-20(19)29-2)21(26)12-31-18-9-14(23)4-5-16(18)24/h4-5,8-10,17H,6-7,11-12H2,1-3H3. The van der Waals surface area contributed by atoms with Crippen molar-refractivity contribution in [3.05, 3.63) is 51.5 Å². The van der Waals surface area contributed by atoms with Gasteiger partial charge < -0.3 is 23.8 Å². The van der Waals surface area contributed by atoms with Crippen LogP contribution in [0, 0.1) is 0 Å². The zero-order chi connectivity index (χ0) is 22.5. The molecule has 2 aromatic rings. The molecule has 0 aliphatic carbocycles. The van der Waals surface area contributed by atoms with Crippen LogP contribution in [-0.4, -0.2) is 51.3 Å². The van der Waals surface area contributed by atoms with Crippen LogP contribution in [0.3, 0.4) is 0 Å². The second-order valence-corrected chi connectivity index (χ2v) is 7.75. The molecule has 1 unspecified atom stereocenters. The van der Waals surface area contributed by atoms with Crippen LogP contribution in [0.1, 0.15) is 23.6 Å². The number of rotatable bonds is 7. The molecule has 1 amide bonds. The summed E-state index contributed by atoms with van der Waals surface area (Å²) in [6.07, 6.45) is 0.597. The molecule has 0 radical (unpaired) electrons. The Balaban J connectivity index is 1.87. The van der Waals surface area contributed by atoms with E-state index in [0.29, 0.717) is 40.3 Å². The van der Waals surface area contributed by atoms with Crippen LogP contribution in [0.5, 0.6) is 17.2 Å². The molecule has 0 saturated carbocycles. The number of fused-ring (bicyclic) bond motifs is 1. The first-order valence-electron chi connectivity index (χ1n) is 9.56. The Morgan fingerprint density at radius 2 is 1.74 bits per heavy atom. The van der Waals surface area contributed by atoms with Crippen molar-refractivity contribution in [1.29, 1.82) is 0 Å². The fourth-order valence-electron chi connectivity index (χ4n) is 3.60. The molecule has 3 rings (SSSR count). The highest BCUT2D eigenvalue weighted by Gasteiger charge is 2.34. The lowest BCUT2D eigenvalue weighted by molar-refractivity contribution is -0.144. The van der Waals surface area contributed by atoms with Gasteiger partial charge in [-0.3, -0.25) is 9.59 Å². The smallest absolute Gasteiger partial charge is 0.307 e. The van der Waals surface area contributed by atoms with Gasteiger partial charge in [-0.15, -0.1) is 0 Å². The third-order valence-electron chi connectivity index (χ3n) is 5.16. The van der Waals surface area contributed by atoms with Gasteiger partial charge in [-0.05, 0) is 41.8 Å². The van der Waals surface area contributed by atoms with Crippen molar-refractivity contribution < 1.29 is 28.5 Å². The van der Waals surface area contributed by atoms with E-state index in [1.165, 1.54) is 14.2 Å². The fourth-order valence-corrected chi connectivity index (χ4v) is 3.93. The maximum atomic E-state index is 13.1. The largest absolute Gasteiger partial charge is 0.493 e. The van der Waals surface area contributed by atoms with Crippen LogP contribution in [0.2, 0.25) is 10.0 Å². The van der Waals surface area contributed by atoms with Crippen molar-refractivity contribution in [2.75, 3.05) is 34.5 Å². The number of methoxy groups -OCH3 is 3. The van der Waals surface area contributed by atoms with Crippen LogP contribution < -0.4 is 14.2 Å². The van der Waals surface area contributed by atoms with Crippen molar-refractivity contribution in [1.82, 2.24) is 4.90 Å². The minimum Gasteiger partial charge on any atom is -0.493 e. The number of hydrogen-bond donors (Lipinski definition) is 0. The Morgan fingerprint density at radius 3 is 2.42 bits per heavy atom. The average Bonchev–Trinajstić information content (AvgIpc) is 2.78. The highest BCUT2D eigenvalue weighted by molar-refractivity contribution is 6.34. The van der Waals surface area contributed by atoms with Crippen LogP contribution >= 0.6 is 23.2 Å². The topological polar surface area (TPSA) is 74.3 Å². The molecule has 0 bridgehead atoms. The minimum absolute atomic E-state index is 0.00262. The van der Waals surface area contributed by atoms with Gasteiger partial charge in [0.25, 0.3) is 5.91 Å². The molecule has 0 aromatic heterocycles. The Hall–Kier alpha value is -2.64. The van der Waals surface area contributed by atoms with E-state index in [4.69, 9.17) is 42.1 Å². The van der Waals surface area contributed by atoms with Gasteiger partial charge in [0.1, 0.15) is 5.75 Å². The molecule has 31 heavy (non-hydrogen) atoms. The predicted octanol–water partition coefficient (Wildman–Crippen LogP) is 4.08. The summed E-state index contributed by atoms with van der Waals surface area (Å²) in [7, 11) is 4.41. The molecule has 0 fully saturated rings. The molecule has 0 saturated heterocycles. The van der Waals surface area contributed by atoms with E-state index in [0.717, 1.165) is 11.1 Å². The molecular weight excluding hydrogens is 445 g/mol. The summed E-state index contributed by atoms with van der Waals surface area (Å²) >= 11 is 12.1. The van der Waals surface area contributed by atoms with E-state index < -0.39 is 12.0 Å². The zero-order valence-electron chi connectivity index (χ0n) is 17.4. The lowest BCUT2D eigenvalue weighted by Gasteiger charge is -2.37. The fraction of sp³-hybridized carbons (Fsp3) is 0.364. The van der Waals surface area contributed by atoms with E-state index in [9.17, 15) is 9.59 Å². The second kappa shape index (κ2) is 10.1. The van der Waals surface area contributed by atoms with Gasteiger partial charge >= 0.3 is 5.97 Å². The lowest BCUT2D eigenvalue weighted by atomic mass is 9.90. The number of amides is 1. The van der Waals surface area contributed by atoms with Crippen molar-refractivity contribution in [3.8, 4) is 17.2 Å². The number of carbonyl (C=O) groups is 2. The van der Waals surface area contributed by atoms with Crippen molar-refractivity contribution in [2.45, 2.75) is 18.9 Å². The molecule has 1 heterocycles. The highest BCUT2D eigenvalue weighted by atomic mass is 35.5. The summed E-state index contributed by atoms with van der Waals surface area (Å²) in [5.41, 5.74) is 1.79. The molecule has 0 spiro atoms. The van der Waals surface area contributed by atoms with Gasteiger partial charge in [0.2, 0.25) is 0 Å². The van der Waals surface area contributed by atoms with Gasteiger partial charge in [-0.25, -0.2) is 0 Å². The third kappa shape index (κ3) is 5.17. The molecule has 7 nitrogen and oxygen atoms in total. The number of carbonyl (C=O) groups excluding carboxylic acids is 2. The van der Waals surface area contributed by atoms with E-state index in [-0.39, 0.29) is 18.9 Å². The molecule has 1 aliphatic heterocycles. The summed E-state index contributed by atoms with van der Waals surface area (Å²) in [5.74, 6) is 0.717. The minimum atomic E-state index is -0.526. The van der Waals surface area contributed by atoms with Gasteiger partial charge in [0.15, 0.2) is 18.1 Å². The summed E-state index contributed by atoms with van der Waals surface area (Å²) in [6.45, 7) is 0.163. The van der Waals surface area contributed by atoms with Crippen LogP contribution in [0.4, 0.5) is 0 Å². The number of ether oxygens (including phenoxy) is 4. The van der Waals surface area contributed by atoms with Crippen molar-refractivity contribution in [3.63, 3.8) is 0 Å². The second-order valence-electron chi connectivity index (χ2n) is 6.90. The predicted molar refractivity (Wildman–Crippen MR) is 116 cm³/mol. The van der Waals surface area contributed by atoms with Crippen LogP contribution in [-0.2, 0) is 20.7 Å². The number of esters is 1. The monoisotopic (exact) mass is 467 g/mol. The van der Waals surface area contributed by atoms with Crippen molar-refractivity contribution in [2.24, 2.45) is 0 Å². The van der Waals surface area contributed by atoms with E-state index >= 15 is 0 Å². The first-order chi connectivity index (χ1) is 14.9. The van der Waals surface area contributed by atoms with Gasteiger partial charge in [0.05, 0.1) is 38.8 Å². The molecule has 166 valence electrons. The molecule has 1 aliphatic rings. The Bertz CT molecular complexity index is 981. The Kier molecular flexibility index (Phi) is 7.51. The molecule has 0 N–H and O–H groups in total. The summed E-state index contributed by atoms with van der Waals surface area (Å²) in [6, 6.07) is 7.93. The molecule has 9 heteroatoms. The number of halogens is 2. The third-order valence-corrected chi connectivity index (χ3v) is 5.70. The Labute approximate surface area is 190 Å².